The molecular weight excluding hydrogens is 1060 g/mol. The van der Waals surface area contributed by atoms with Gasteiger partial charge >= 0.3 is 13.3 Å². The Morgan fingerprint density at radius 3 is 2.38 bits per heavy atom. The predicted molar refractivity (Wildman–Crippen MR) is 269 cm³/mol. The summed E-state index contributed by atoms with van der Waals surface area (Å²) < 4.78 is 62.2. The van der Waals surface area contributed by atoms with E-state index in [1.807, 2.05) is 14.7 Å². The highest BCUT2D eigenvalue weighted by molar-refractivity contribution is 7.52. The molecule has 8 amide bonds. The number of imide groups is 2. The van der Waals surface area contributed by atoms with Crippen LogP contribution in [0.3, 0.4) is 0 Å². The number of aromatic nitrogens is 1. The minimum atomic E-state index is -5.86. The van der Waals surface area contributed by atoms with Gasteiger partial charge in [0, 0.05) is 80.2 Å². The smallest absolute Gasteiger partial charge is 0.399 e. The molecule has 0 spiro atoms. The highest BCUT2D eigenvalue weighted by Crippen LogP contribution is 2.59. The lowest BCUT2D eigenvalue weighted by Crippen LogP contribution is -2.60. The van der Waals surface area contributed by atoms with Gasteiger partial charge in [-0.25, -0.2) is 4.39 Å². The number of anilines is 1. The maximum absolute atomic E-state index is 15.5. The minimum absolute atomic E-state index is 0.0228. The highest BCUT2D eigenvalue weighted by atomic mass is 35.5. The van der Waals surface area contributed by atoms with Crippen molar-refractivity contribution in [3.63, 3.8) is 0 Å². The summed E-state index contributed by atoms with van der Waals surface area (Å²) >= 11 is 6.96. The number of piperazine rings is 1. The van der Waals surface area contributed by atoms with Crippen molar-refractivity contribution in [2.24, 2.45) is 5.73 Å². The number of nitrogens with two attached hydrogens (primary N) is 1. The zero-order valence-corrected chi connectivity index (χ0v) is 43.1. The lowest BCUT2D eigenvalue weighted by atomic mass is 10.0. The van der Waals surface area contributed by atoms with E-state index in [0.29, 0.717) is 51.3 Å². The van der Waals surface area contributed by atoms with E-state index in [0.717, 1.165) is 29.2 Å². The first-order valence-corrected chi connectivity index (χ1v) is 26.9. The van der Waals surface area contributed by atoms with Crippen molar-refractivity contribution in [1.82, 2.24) is 40.5 Å². The van der Waals surface area contributed by atoms with Gasteiger partial charge in [-0.1, -0.05) is 23.7 Å². The Hall–Kier alpha value is -6.89. The van der Waals surface area contributed by atoms with Crippen molar-refractivity contribution in [3.05, 3.63) is 93.4 Å². The van der Waals surface area contributed by atoms with Crippen LogP contribution in [0.15, 0.2) is 54.6 Å². The normalized spacial score (nSPS) is 22.1. The summed E-state index contributed by atoms with van der Waals surface area (Å²) in [7, 11) is -4.09. The molecule has 0 saturated carbocycles. The van der Waals surface area contributed by atoms with Crippen molar-refractivity contribution in [2.75, 3.05) is 57.8 Å². The third-order valence-electron chi connectivity index (χ3n) is 14.8. The van der Waals surface area contributed by atoms with Crippen LogP contribution < -0.4 is 31.3 Å². The van der Waals surface area contributed by atoms with Gasteiger partial charge in [-0.2, -0.15) is 8.78 Å². The summed E-state index contributed by atoms with van der Waals surface area (Å²) in [6.45, 7) is 2.32. The van der Waals surface area contributed by atoms with E-state index >= 15 is 4.39 Å². The van der Waals surface area contributed by atoms with Crippen LogP contribution in [0.5, 0.6) is 5.75 Å². The predicted octanol–water partition coefficient (Wildman–Crippen LogP) is 2.53. The van der Waals surface area contributed by atoms with Crippen molar-refractivity contribution < 1.29 is 70.6 Å². The molecule has 4 fully saturated rings. The number of hydrogen-bond donors (Lipinski definition) is 7. The van der Waals surface area contributed by atoms with Crippen LogP contribution in [0, 0.1) is 5.82 Å². The number of aromatic amines is 1. The van der Waals surface area contributed by atoms with Crippen LogP contribution in [-0.2, 0) is 40.7 Å². The maximum Gasteiger partial charge on any atom is 0.399 e. The average molecular weight is 1110 g/mol. The second kappa shape index (κ2) is 21.9. The Bertz CT molecular complexity index is 3130. The number of carbonyl (C=O) groups excluding carboxylic acids is 8. The number of rotatable bonds is 16. The molecule has 0 aliphatic carbocycles. The topological polar surface area (TPSA) is 297 Å². The first-order chi connectivity index (χ1) is 36.5. The van der Waals surface area contributed by atoms with Crippen LogP contribution in [0.1, 0.15) is 87.3 Å². The Labute approximate surface area is 442 Å². The molecule has 0 radical (unpaired) electrons. The molecule has 5 atom stereocenters. The Morgan fingerprint density at radius 1 is 0.948 bits per heavy atom. The summed E-state index contributed by atoms with van der Waals surface area (Å²) in [4.78, 5) is 135. The average Bonchev–Trinajstić information content (AvgIpc) is 4.07. The zero-order chi connectivity index (χ0) is 55.2. The summed E-state index contributed by atoms with van der Waals surface area (Å²) in [5.74, 6) is -5.69. The SMILES string of the molecule is CN1CC[C@H]2CC[C@@H](C(=O)N[C@@H](CCC(N)=O)COc3cccc(N4CCN(Cc5cc6c(cc5F)C(=O)N(C5CCC(=O)NC5=O)C6=O)CC4)c3Cl)N2C(=O)[C@@H](NC(=O)c2cc3cc(C(F)(F)P(=O)(O)O)ccc3[nH]2)C1. The molecule has 4 saturated heterocycles. The van der Waals surface area contributed by atoms with E-state index in [2.05, 4.69) is 20.9 Å². The van der Waals surface area contributed by atoms with Gasteiger partial charge in [0.1, 0.15) is 47.0 Å². The second-order valence-corrected chi connectivity index (χ2v) is 22.0. The van der Waals surface area contributed by atoms with Crippen molar-refractivity contribution in [2.45, 2.75) is 87.4 Å². The number of nitrogens with zero attached hydrogens (tertiary/aromatic N) is 5. The van der Waals surface area contributed by atoms with E-state index in [1.165, 1.54) is 17.0 Å². The molecule has 9 rings (SSSR count). The van der Waals surface area contributed by atoms with Crippen LogP contribution in [-0.4, -0.2) is 165 Å². The molecular formula is C50H55ClF3N10O12P. The number of likely N-dealkylation sites (N-methyl/N-ethyl adjacent to an activating group) is 1. The number of primary amides is 1. The molecule has 0 bridgehead atoms. The second-order valence-electron chi connectivity index (χ2n) is 20.0. The lowest BCUT2D eigenvalue weighted by Gasteiger charge is -2.38. The van der Waals surface area contributed by atoms with Crippen molar-refractivity contribution >= 4 is 83.0 Å². The molecule has 77 heavy (non-hydrogen) atoms. The van der Waals surface area contributed by atoms with Gasteiger partial charge in [0.05, 0.1) is 22.9 Å². The molecule has 22 nitrogen and oxygen atoms in total. The molecule has 1 aromatic heterocycles. The molecule has 6 heterocycles. The first kappa shape index (κ1) is 54.9. The fraction of sp³-hybridized carbons (Fsp3) is 0.440. The number of nitrogens with one attached hydrogen (secondary N) is 4. The summed E-state index contributed by atoms with van der Waals surface area (Å²) in [6, 6.07) is 7.12. The van der Waals surface area contributed by atoms with Gasteiger partial charge in [-0.3, -0.25) is 58.0 Å². The number of H-pyrrole nitrogens is 1. The van der Waals surface area contributed by atoms with E-state index in [9.17, 15) is 61.5 Å². The fourth-order valence-electron chi connectivity index (χ4n) is 10.6. The van der Waals surface area contributed by atoms with Gasteiger partial charge in [0.15, 0.2) is 0 Å². The number of hydrogen-bond acceptors (Lipinski definition) is 13. The van der Waals surface area contributed by atoms with E-state index in [1.54, 1.807) is 25.2 Å². The van der Waals surface area contributed by atoms with Gasteiger partial charge in [0.2, 0.25) is 29.5 Å². The Balaban J connectivity index is 0.824. The molecule has 1 unspecified atom stereocenters. The van der Waals surface area contributed by atoms with Gasteiger partial charge in [-0.05, 0) is 88.2 Å². The number of halogens is 4. The number of benzene rings is 3. The monoisotopic (exact) mass is 1110 g/mol. The highest BCUT2D eigenvalue weighted by Gasteiger charge is 2.51. The summed E-state index contributed by atoms with van der Waals surface area (Å²) in [6.07, 6.45) is 1.17. The number of amides is 8. The van der Waals surface area contributed by atoms with Crippen LogP contribution >= 0.6 is 19.2 Å². The van der Waals surface area contributed by atoms with Gasteiger partial charge in [0.25, 0.3) is 17.7 Å². The maximum atomic E-state index is 15.5. The number of carbonyl (C=O) groups is 8. The van der Waals surface area contributed by atoms with Crippen LogP contribution in [0.25, 0.3) is 10.9 Å². The number of fused-ring (bicyclic) bond motifs is 3. The van der Waals surface area contributed by atoms with Gasteiger partial charge in [-0.15, -0.1) is 0 Å². The lowest BCUT2D eigenvalue weighted by molar-refractivity contribution is -0.143. The summed E-state index contributed by atoms with van der Waals surface area (Å²) in [5.41, 5.74) is 0.836. The molecule has 27 heteroatoms. The molecule has 410 valence electrons. The molecule has 8 N–H and O–H groups in total. The largest absolute Gasteiger partial charge is 0.490 e. The number of alkyl halides is 2. The quantitative estimate of drug-likeness (QED) is 0.0627. The minimum Gasteiger partial charge on any atom is -0.490 e. The zero-order valence-electron chi connectivity index (χ0n) is 41.4. The molecule has 3 aromatic carbocycles. The van der Waals surface area contributed by atoms with Crippen LogP contribution in [0.2, 0.25) is 5.02 Å². The number of piperidine rings is 1. The molecule has 4 aromatic rings. The Morgan fingerprint density at radius 2 is 1.68 bits per heavy atom. The van der Waals surface area contributed by atoms with E-state index in [4.69, 9.17) is 22.1 Å². The Kier molecular flexibility index (Phi) is 15.6. The third kappa shape index (κ3) is 11.3. The van der Waals surface area contributed by atoms with Crippen molar-refractivity contribution in [3.8, 4) is 5.75 Å². The fourth-order valence-corrected chi connectivity index (χ4v) is 11.4. The number of ether oxygens (including phenoxy) is 1. The first-order valence-electron chi connectivity index (χ1n) is 24.9. The van der Waals surface area contributed by atoms with Crippen molar-refractivity contribution in [1.29, 1.82) is 0 Å². The molecule has 5 aliphatic heterocycles. The third-order valence-corrected chi connectivity index (χ3v) is 16.1. The van der Waals surface area contributed by atoms with Crippen LogP contribution in [0.4, 0.5) is 18.9 Å². The van der Waals surface area contributed by atoms with E-state index < -0.39 is 96.1 Å². The molecule has 5 aliphatic rings. The summed E-state index contributed by atoms with van der Waals surface area (Å²) in [5, 5.41) is 8.13. The van der Waals surface area contributed by atoms with E-state index in [-0.39, 0.29) is 102 Å². The standard InChI is InChI=1S/C50H55ClF3N10O12P/c1-60-14-13-30-7-9-38(63(30)49(72)36(24-60)58-44(67)35-21-26-19-28(5-8-34(26)57-35)50(53,54)77(73,74)75)45(68)56-29(6-11-41(55)65)25-76-40-4-2-3-37(43(40)51)62-17-15-61(16-18-62)23-27-20-31-32(22-33(27)52)48(71)64(47(31)70)39-10-12-42(66)59-46(39)69/h2-5,8,19-22,29-30,36,38-39,57H,6-7,9-18,23-25H2,1H3,(H2,55,65)(H,56,68)(H,58,67)(H,59,66,69)(H2,73,74,75)/t29-,30+,36-,38-,39?/m0/s1. The van der Waals surface area contributed by atoms with Gasteiger partial charge < -0.3 is 50.6 Å².